The topological polar surface area (TPSA) is 99.1 Å². The number of aliphatic carboxylic acids is 1. The molecule has 0 aliphatic rings. The van der Waals surface area contributed by atoms with Crippen LogP contribution in [0, 0.1) is 5.92 Å². The highest BCUT2D eigenvalue weighted by molar-refractivity contribution is 5.90. The van der Waals surface area contributed by atoms with Gasteiger partial charge < -0.3 is 19.3 Å². The Morgan fingerprint density at radius 2 is 1.56 bits per heavy atom. The van der Waals surface area contributed by atoms with Crippen LogP contribution >= 0.6 is 0 Å². The summed E-state index contributed by atoms with van der Waals surface area (Å²) in [5.41, 5.74) is -0.861. The number of ether oxygens (including phenoxy) is 3. The van der Waals surface area contributed by atoms with Crippen LogP contribution < -0.4 is 4.74 Å². The first-order valence-electron chi connectivity index (χ1n) is 8.07. The molecule has 1 N–H and O–H groups in total. The van der Waals surface area contributed by atoms with Crippen molar-refractivity contribution in [2.75, 3.05) is 0 Å². The zero-order chi connectivity index (χ0) is 21.0. The van der Waals surface area contributed by atoms with E-state index in [9.17, 15) is 23.2 Å². The summed E-state index contributed by atoms with van der Waals surface area (Å²) in [6.45, 7) is 7.60. The fourth-order valence-electron chi connectivity index (χ4n) is 1.96. The van der Waals surface area contributed by atoms with E-state index >= 15 is 0 Å². The summed E-state index contributed by atoms with van der Waals surface area (Å²) >= 11 is 0. The van der Waals surface area contributed by atoms with E-state index in [2.05, 4.69) is 0 Å². The molecule has 0 saturated heterocycles. The molecule has 1 aromatic rings. The van der Waals surface area contributed by atoms with Crippen molar-refractivity contribution in [2.24, 2.45) is 5.92 Å². The third-order valence-electron chi connectivity index (χ3n) is 3.16. The van der Waals surface area contributed by atoms with E-state index in [0.29, 0.717) is 0 Å². The number of hydrogen-bond donors (Lipinski definition) is 1. The largest absolute Gasteiger partial charge is 0.514 e. The third-order valence-corrected chi connectivity index (χ3v) is 3.16. The molecule has 9 heteroatoms. The van der Waals surface area contributed by atoms with E-state index in [-0.39, 0.29) is 11.3 Å². The molecule has 7 nitrogen and oxygen atoms in total. The number of esters is 1. The first-order valence-corrected chi connectivity index (χ1v) is 8.07. The van der Waals surface area contributed by atoms with Gasteiger partial charge in [-0.1, -0.05) is 13.8 Å². The normalized spacial score (nSPS) is 13.0. The van der Waals surface area contributed by atoms with Crippen molar-refractivity contribution in [2.45, 2.75) is 52.2 Å². The molecule has 27 heavy (non-hydrogen) atoms. The van der Waals surface area contributed by atoms with E-state index in [1.54, 1.807) is 20.8 Å². The molecule has 0 aromatic heterocycles. The Hall–Kier alpha value is -2.71. The van der Waals surface area contributed by atoms with Crippen LogP contribution in [0.25, 0.3) is 0 Å². The minimum Gasteiger partial charge on any atom is -0.477 e. The molecular formula is C18H22F2O7. The fourth-order valence-corrected chi connectivity index (χ4v) is 1.96. The second kappa shape index (κ2) is 8.32. The molecule has 150 valence electrons. The predicted octanol–water partition coefficient (Wildman–Crippen LogP) is 3.90. The smallest absolute Gasteiger partial charge is 0.477 e. The average molecular weight is 388 g/mol. The SMILES string of the molecule is CC(C)C(OC(=O)c1ccc(OC(=O)OC(C)(C)C)cc1)C(F)(F)C(=O)O. The number of carbonyl (C=O) groups excluding carboxylic acids is 2. The highest BCUT2D eigenvalue weighted by Crippen LogP contribution is 2.28. The zero-order valence-corrected chi connectivity index (χ0v) is 15.6. The number of benzene rings is 1. The van der Waals surface area contributed by atoms with Gasteiger partial charge in [0.25, 0.3) is 0 Å². The minimum atomic E-state index is -4.23. The van der Waals surface area contributed by atoms with Crippen LogP contribution in [0.15, 0.2) is 24.3 Å². The maximum absolute atomic E-state index is 13.7. The number of carboxylic acids is 1. The Morgan fingerprint density at radius 1 is 1.04 bits per heavy atom. The summed E-state index contributed by atoms with van der Waals surface area (Å²) in [6.07, 6.45) is -3.08. The second-order valence-corrected chi connectivity index (χ2v) is 7.09. The third kappa shape index (κ3) is 6.50. The highest BCUT2D eigenvalue weighted by atomic mass is 19.3. The van der Waals surface area contributed by atoms with E-state index in [4.69, 9.17) is 19.3 Å². The van der Waals surface area contributed by atoms with E-state index < -0.39 is 41.6 Å². The van der Waals surface area contributed by atoms with Gasteiger partial charge in [-0.05, 0) is 51.0 Å². The fraction of sp³-hybridized carbons (Fsp3) is 0.500. The molecule has 0 amide bonds. The number of hydrogen-bond acceptors (Lipinski definition) is 6. The molecule has 1 rings (SSSR count). The lowest BCUT2D eigenvalue weighted by Crippen LogP contribution is -2.47. The maximum atomic E-state index is 13.7. The number of carboxylic acid groups (broad SMARTS) is 1. The van der Waals surface area contributed by atoms with Crippen LogP contribution in [-0.4, -0.2) is 40.8 Å². The molecule has 1 atom stereocenters. The van der Waals surface area contributed by atoms with E-state index in [0.717, 1.165) is 0 Å². The van der Waals surface area contributed by atoms with Crippen LogP contribution in [0.1, 0.15) is 45.0 Å². The molecule has 0 spiro atoms. The number of alkyl halides is 2. The van der Waals surface area contributed by atoms with Crippen LogP contribution in [-0.2, 0) is 14.3 Å². The van der Waals surface area contributed by atoms with Crippen molar-refractivity contribution in [1.82, 2.24) is 0 Å². The summed E-state index contributed by atoms with van der Waals surface area (Å²) < 4.78 is 42.1. The highest BCUT2D eigenvalue weighted by Gasteiger charge is 2.51. The Morgan fingerprint density at radius 3 is 1.96 bits per heavy atom. The lowest BCUT2D eigenvalue weighted by atomic mass is 10.0. The summed E-state index contributed by atoms with van der Waals surface area (Å²) in [5.74, 6) is -8.61. The van der Waals surface area contributed by atoms with Crippen LogP contribution in [0.4, 0.5) is 13.6 Å². The van der Waals surface area contributed by atoms with Gasteiger partial charge in [-0.15, -0.1) is 0 Å². The first-order chi connectivity index (χ1) is 12.2. The van der Waals surface area contributed by atoms with Gasteiger partial charge in [-0.3, -0.25) is 0 Å². The van der Waals surface area contributed by atoms with Crippen molar-refractivity contribution in [3.8, 4) is 5.75 Å². The number of carbonyl (C=O) groups is 3. The van der Waals surface area contributed by atoms with Gasteiger partial charge in [0.15, 0.2) is 6.10 Å². The number of rotatable bonds is 6. The van der Waals surface area contributed by atoms with Crippen molar-refractivity contribution >= 4 is 18.1 Å². The molecule has 0 aliphatic carbocycles. The van der Waals surface area contributed by atoms with Gasteiger partial charge in [0.2, 0.25) is 0 Å². The quantitative estimate of drug-likeness (QED) is 0.583. The minimum absolute atomic E-state index is 0.0667. The first kappa shape index (κ1) is 22.3. The molecule has 0 radical (unpaired) electrons. The molecule has 0 heterocycles. The Kier molecular flexibility index (Phi) is 6.88. The molecule has 1 unspecified atom stereocenters. The van der Waals surface area contributed by atoms with Gasteiger partial charge in [0.1, 0.15) is 11.4 Å². The molecular weight excluding hydrogens is 366 g/mol. The van der Waals surface area contributed by atoms with Crippen molar-refractivity contribution < 1.29 is 42.5 Å². The van der Waals surface area contributed by atoms with E-state index in [1.165, 1.54) is 38.1 Å². The molecule has 0 fully saturated rings. The maximum Gasteiger partial charge on any atom is 0.514 e. The summed E-state index contributed by atoms with van der Waals surface area (Å²) in [5, 5.41) is 8.64. The van der Waals surface area contributed by atoms with Gasteiger partial charge in [0, 0.05) is 0 Å². The molecule has 0 saturated carbocycles. The standard InChI is InChI=1S/C18H22F2O7/c1-10(2)13(18(19,20)15(22)23)26-14(21)11-6-8-12(9-7-11)25-16(24)27-17(3,4)5/h6-10,13H,1-5H3,(H,22,23). The number of halogens is 2. The second-order valence-electron chi connectivity index (χ2n) is 7.09. The zero-order valence-electron chi connectivity index (χ0n) is 15.6. The van der Waals surface area contributed by atoms with Crippen molar-refractivity contribution in [3.05, 3.63) is 29.8 Å². The van der Waals surface area contributed by atoms with Crippen molar-refractivity contribution in [1.29, 1.82) is 0 Å². The Balaban J connectivity index is 2.84. The van der Waals surface area contributed by atoms with Crippen LogP contribution in [0.3, 0.4) is 0 Å². The van der Waals surface area contributed by atoms with Gasteiger partial charge in [0.05, 0.1) is 5.56 Å². The van der Waals surface area contributed by atoms with Gasteiger partial charge >= 0.3 is 24.0 Å². The Bertz CT molecular complexity index is 691. The molecule has 0 bridgehead atoms. The van der Waals surface area contributed by atoms with Crippen molar-refractivity contribution in [3.63, 3.8) is 0 Å². The lowest BCUT2D eigenvalue weighted by Gasteiger charge is -2.26. The summed E-state index contributed by atoms with van der Waals surface area (Å²) in [4.78, 5) is 34.4. The molecule has 1 aromatic carbocycles. The van der Waals surface area contributed by atoms with E-state index in [1.807, 2.05) is 0 Å². The molecule has 0 aliphatic heterocycles. The lowest BCUT2D eigenvalue weighted by molar-refractivity contribution is -0.187. The summed E-state index contributed by atoms with van der Waals surface area (Å²) in [6, 6.07) is 4.89. The summed E-state index contributed by atoms with van der Waals surface area (Å²) in [7, 11) is 0. The van der Waals surface area contributed by atoms with Gasteiger partial charge in [-0.25, -0.2) is 14.4 Å². The van der Waals surface area contributed by atoms with Gasteiger partial charge in [-0.2, -0.15) is 8.78 Å². The van der Waals surface area contributed by atoms with Crippen LogP contribution in [0.5, 0.6) is 5.75 Å². The monoisotopic (exact) mass is 388 g/mol. The van der Waals surface area contributed by atoms with Crippen LogP contribution in [0.2, 0.25) is 0 Å². The Labute approximate surface area is 155 Å². The average Bonchev–Trinajstić information content (AvgIpc) is 2.50. The predicted molar refractivity (Wildman–Crippen MR) is 89.9 cm³/mol.